The molecular formula is C20H31N5. The Morgan fingerprint density at radius 1 is 1.08 bits per heavy atom. The number of hydrogen-bond donors (Lipinski definition) is 2. The van der Waals surface area contributed by atoms with Gasteiger partial charge in [0.15, 0.2) is 5.96 Å². The highest BCUT2D eigenvalue weighted by atomic mass is 15.3. The van der Waals surface area contributed by atoms with Crippen LogP contribution in [0.25, 0.3) is 0 Å². The summed E-state index contributed by atoms with van der Waals surface area (Å²) in [5.74, 6) is 0.856. The molecule has 0 aliphatic carbocycles. The normalized spacial score (nSPS) is 11.7. The zero-order valence-corrected chi connectivity index (χ0v) is 16.4. The van der Waals surface area contributed by atoms with Gasteiger partial charge in [-0.3, -0.25) is 4.68 Å². The van der Waals surface area contributed by atoms with Crippen molar-refractivity contribution in [3.8, 4) is 0 Å². The van der Waals surface area contributed by atoms with Crippen molar-refractivity contribution >= 4 is 5.96 Å². The van der Waals surface area contributed by atoms with Gasteiger partial charge < -0.3 is 10.6 Å². The van der Waals surface area contributed by atoms with E-state index in [1.165, 1.54) is 27.9 Å². The summed E-state index contributed by atoms with van der Waals surface area (Å²) in [6.45, 7) is 12.9. The van der Waals surface area contributed by atoms with Crippen molar-refractivity contribution in [1.29, 1.82) is 0 Å². The van der Waals surface area contributed by atoms with Gasteiger partial charge in [-0.25, -0.2) is 4.99 Å². The molecule has 0 bridgehead atoms. The quantitative estimate of drug-likeness (QED) is 0.627. The number of nitrogens with one attached hydrogen (secondary N) is 2. The molecule has 0 radical (unpaired) electrons. The highest BCUT2D eigenvalue weighted by Crippen LogP contribution is 2.13. The van der Waals surface area contributed by atoms with Crippen LogP contribution in [0.2, 0.25) is 0 Å². The molecule has 0 aliphatic rings. The molecule has 2 aromatic rings. The maximum atomic E-state index is 4.73. The van der Waals surface area contributed by atoms with Gasteiger partial charge in [0.2, 0.25) is 0 Å². The molecule has 2 rings (SSSR count). The first-order valence-corrected chi connectivity index (χ1v) is 8.99. The molecule has 1 heterocycles. The van der Waals surface area contributed by atoms with Crippen molar-refractivity contribution in [3.63, 3.8) is 0 Å². The fourth-order valence-corrected chi connectivity index (χ4v) is 3.08. The molecule has 2 N–H and O–H groups in total. The van der Waals surface area contributed by atoms with Gasteiger partial charge in [0, 0.05) is 31.4 Å². The largest absolute Gasteiger partial charge is 0.357 e. The fraction of sp³-hybridized carbons (Fsp3) is 0.500. The Morgan fingerprint density at radius 3 is 2.32 bits per heavy atom. The van der Waals surface area contributed by atoms with Crippen molar-refractivity contribution in [2.24, 2.45) is 12.0 Å². The van der Waals surface area contributed by atoms with E-state index in [0.717, 1.165) is 31.2 Å². The summed E-state index contributed by atoms with van der Waals surface area (Å²) >= 11 is 0. The summed E-state index contributed by atoms with van der Waals surface area (Å²) in [5.41, 5.74) is 7.42. The fourth-order valence-electron chi connectivity index (χ4n) is 3.08. The molecule has 0 saturated heterocycles. The summed E-state index contributed by atoms with van der Waals surface area (Å²) in [6, 6.07) is 6.71. The lowest BCUT2D eigenvalue weighted by atomic mass is 10.1. The first-order chi connectivity index (χ1) is 11.9. The number of nitrogens with zero attached hydrogens (tertiary/aromatic N) is 3. The third kappa shape index (κ3) is 5.34. The number of benzene rings is 1. The van der Waals surface area contributed by atoms with E-state index in [4.69, 9.17) is 4.99 Å². The molecule has 5 nitrogen and oxygen atoms in total. The number of hydrogen-bond acceptors (Lipinski definition) is 2. The van der Waals surface area contributed by atoms with Gasteiger partial charge in [0.1, 0.15) is 0 Å². The lowest BCUT2D eigenvalue weighted by Crippen LogP contribution is -2.38. The SMILES string of the molecule is CCNC(=NCc1c(C)nn(C)c1C)NCCc1cc(C)cc(C)c1. The van der Waals surface area contributed by atoms with Crippen LogP contribution >= 0.6 is 0 Å². The van der Waals surface area contributed by atoms with Crippen molar-refractivity contribution in [2.75, 3.05) is 13.1 Å². The molecule has 0 atom stereocenters. The maximum Gasteiger partial charge on any atom is 0.191 e. The summed E-state index contributed by atoms with van der Waals surface area (Å²) in [4.78, 5) is 4.73. The van der Waals surface area contributed by atoms with Crippen LogP contribution < -0.4 is 10.6 Å². The summed E-state index contributed by atoms with van der Waals surface area (Å²) in [7, 11) is 1.98. The lowest BCUT2D eigenvalue weighted by molar-refractivity contribution is 0.730. The number of aliphatic imine (C=N–C) groups is 1. The van der Waals surface area contributed by atoms with Gasteiger partial charge in [-0.05, 0) is 46.6 Å². The Bertz CT molecular complexity index is 723. The van der Waals surface area contributed by atoms with Crippen molar-refractivity contribution in [3.05, 3.63) is 51.8 Å². The monoisotopic (exact) mass is 341 g/mol. The van der Waals surface area contributed by atoms with E-state index in [9.17, 15) is 0 Å². The number of aromatic nitrogens is 2. The molecule has 0 aliphatic heterocycles. The average Bonchev–Trinajstić information content (AvgIpc) is 2.77. The molecule has 1 aromatic heterocycles. The number of aryl methyl sites for hydroxylation is 4. The third-order valence-corrected chi connectivity index (χ3v) is 4.39. The molecule has 25 heavy (non-hydrogen) atoms. The molecule has 0 saturated carbocycles. The van der Waals surface area contributed by atoms with Crippen LogP contribution in [0.4, 0.5) is 0 Å². The summed E-state index contributed by atoms with van der Waals surface area (Å²) in [6.07, 6.45) is 0.984. The molecule has 136 valence electrons. The zero-order chi connectivity index (χ0) is 18.4. The predicted molar refractivity (Wildman–Crippen MR) is 105 cm³/mol. The van der Waals surface area contributed by atoms with Gasteiger partial charge in [0.05, 0.1) is 12.2 Å². The Balaban J connectivity index is 1.97. The maximum absolute atomic E-state index is 4.73. The van der Waals surface area contributed by atoms with Crippen LogP contribution in [0, 0.1) is 27.7 Å². The van der Waals surface area contributed by atoms with Gasteiger partial charge in [-0.15, -0.1) is 0 Å². The van der Waals surface area contributed by atoms with Gasteiger partial charge in [-0.1, -0.05) is 29.3 Å². The second kappa shape index (κ2) is 8.70. The first kappa shape index (κ1) is 19.0. The minimum absolute atomic E-state index is 0.643. The van der Waals surface area contributed by atoms with Crippen molar-refractivity contribution in [2.45, 2.75) is 47.6 Å². The zero-order valence-electron chi connectivity index (χ0n) is 16.4. The first-order valence-electron chi connectivity index (χ1n) is 8.99. The molecule has 1 aromatic carbocycles. The Hall–Kier alpha value is -2.30. The van der Waals surface area contributed by atoms with E-state index < -0.39 is 0 Å². The van der Waals surface area contributed by atoms with E-state index >= 15 is 0 Å². The molecular weight excluding hydrogens is 310 g/mol. The van der Waals surface area contributed by atoms with Crippen LogP contribution in [-0.4, -0.2) is 28.8 Å². The molecule has 5 heteroatoms. The Morgan fingerprint density at radius 2 is 1.76 bits per heavy atom. The second-order valence-corrected chi connectivity index (χ2v) is 6.64. The number of rotatable bonds is 6. The van der Waals surface area contributed by atoms with E-state index in [-0.39, 0.29) is 0 Å². The molecule has 0 unspecified atom stereocenters. The minimum Gasteiger partial charge on any atom is -0.357 e. The average molecular weight is 342 g/mol. The highest BCUT2D eigenvalue weighted by molar-refractivity contribution is 5.79. The van der Waals surface area contributed by atoms with Crippen LogP contribution in [0.5, 0.6) is 0 Å². The van der Waals surface area contributed by atoms with Crippen LogP contribution in [0.3, 0.4) is 0 Å². The van der Waals surface area contributed by atoms with E-state index in [1.54, 1.807) is 0 Å². The van der Waals surface area contributed by atoms with Crippen LogP contribution in [-0.2, 0) is 20.0 Å². The van der Waals surface area contributed by atoms with Gasteiger partial charge in [0.25, 0.3) is 0 Å². The Kier molecular flexibility index (Phi) is 6.62. The van der Waals surface area contributed by atoms with Gasteiger partial charge >= 0.3 is 0 Å². The van der Waals surface area contributed by atoms with E-state index in [1.807, 2.05) is 18.7 Å². The smallest absolute Gasteiger partial charge is 0.191 e. The van der Waals surface area contributed by atoms with E-state index in [2.05, 4.69) is 61.6 Å². The topological polar surface area (TPSA) is 54.2 Å². The summed E-state index contributed by atoms with van der Waals surface area (Å²) < 4.78 is 1.92. The van der Waals surface area contributed by atoms with Crippen molar-refractivity contribution < 1.29 is 0 Å². The predicted octanol–water partition coefficient (Wildman–Crippen LogP) is 2.95. The molecule has 0 spiro atoms. The second-order valence-electron chi connectivity index (χ2n) is 6.64. The molecule has 0 amide bonds. The van der Waals surface area contributed by atoms with Crippen molar-refractivity contribution in [1.82, 2.24) is 20.4 Å². The van der Waals surface area contributed by atoms with Crippen LogP contribution in [0.1, 0.15) is 40.6 Å². The van der Waals surface area contributed by atoms with Gasteiger partial charge in [-0.2, -0.15) is 5.10 Å². The standard InChI is InChI=1S/C20H31N5/c1-7-21-20(23-13-19-16(4)24-25(6)17(19)5)22-9-8-18-11-14(2)10-15(3)12-18/h10-12H,7-9,13H2,1-6H3,(H2,21,22,23). The third-order valence-electron chi connectivity index (χ3n) is 4.39. The summed E-state index contributed by atoms with van der Waals surface area (Å²) in [5, 5.41) is 11.2. The Labute approximate surface area is 151 Å². The van der Waals surface area contributed by atoms with E-state index in [0.29, 0.717) is 6.54 Å². The van der Waals surface area contributed by atoms with Crippen LogP contribution in [0.15, 0.2) is 23.2 Å². The number of guanidine groups is 1. The lowest BCUT2D eigenvalue weighted by Gasteiger charge is -2.12. The molecule has 0 fully saturated rings. The minimum atomic E-state index is 0.643. The highest BCUT2D eigenvalue weighted by Gasteiger charge is 2.09.